The van der Waals surface area contributed by atoms with Crippen LogP contribution in [0.4, 0.5) is 23.7 Å². The Morgan fingerprint density at radius 2 is 1.69 bits per heavy atom. The first-order chi connectivity index (χ1) is 18.6. The zero-order valence-electron chi connectivity index (χ0n) is 21.2. The third-order valence-corrected chi connectivity index (χ3v) is 7.01. The minimum absolute atomic E-state index is 0.229. The van der Waals surface area contributed by atoms with E-state index in [1.54, 1.807) is 59.5 Å². The number of urea groups is 1. The first kappa shape index (κ1) is 26.6. The zero-order valence-corrected chi connectivity index (χ0v) is 22.0. The molecule has 202 valence electrons. The molecular weight excluding hydrogens is 531 g/mol. The highest BCUT2D eigenvalue weighted by Crippen LogP contribution is 2.38. The zero-order chi connectivity index (χ0) is 27.7. The molecule has 0 N–H and O–H groups in total. The van der Waals surface area contributed by atoms with Gasteiger partial charge in [0.2, 0.25) is 0 Å². The van der Waals surface area contributed by atoms with Gasteiger partial charge in [-0.05, 0) is 86.5 Å². The summed E-state index contributed by atoms with van der Waals surface area (Å²) in [4.78, 5) is 16.8. The lowest BCUT2D eigenvalue weighted by atomic mass is 10.0. The second-order valence-corrected chi connectivity index (χ2v) is 9.78. The van der Waals surface area contributed by atoms with Gasteiger partial charge in [-0.1, -0.05) is 28.9 Å². The van der Waals surface area contributed by atoms with Crippen LogP contribution >= 0.6 is 11.6 Å². The van der Waals surface area contributed by atoms with Crippen LogP contribution in [0.2, 0.25) is 5.02 Å². The minimum Gasteiger partial charge on any atom is -0.457 e. The number of benzene rings is 3. The summed E-state index contributed by atoms with van der Waals surface area (Å²) >= 11 is 5.93. The lowest BCUT2D eigenvalue weighted by molar-refractivity contribution is -0.137. The standard InChI is InChI=1S/C29H25ClF3N3O3/c1-18-26(19(2)39-34-18)14-15-35-17-27(20-4-3-5-21(16-20)29(31,32)33)36(28(35)37)23-8-12-25(13-9-23)38-24-10-6-22(30)7-11-24/h3-13,16,27H,14-15,17H2,1-2H3. The van der Waals surface area contributed by atoms with Crippen LogP contribution in [0.3, 0.4) is 0 Å². The van der Waals surface area contributed by atoms with Crippen LogP contribution in [-0.2, 0) is 12.6 Å². The number of nitrogens with zero attached hydrogens (tertiary/aromatic N) is 3. The van der Waals surface area contributed by atoms with E-state index in [0.717, 1.165) is 23.4 Å². The van der Waals surface area contributed by atoms with Crippen molar-refractivity contribution in [3.63, 3.8) is 0 Å². The number of carbonyl (C=O) groups excluding carboxylic acids is 1. The van der Waals surface area contributed by atoms with Crippen molar-refractivity contribution in [3.05, 3.63) is 106 Å². The van der Waals surface area contributed by atoms with E-state index in [0.29, 0.717) is 46.5 Å². The van der Waals surface area contributed by atoms with Gasteiger partial charge in [-0.3, -0.25) is 4.90 Å². The predicted octanol–water partition coefficient (Wildman–Crippen LogP) is 7.98. The number of ether oxygens (including phenoxy) is 1. The van der Waals surface area contributed by atoms with Crippen molar-refractivity contribution in [2.24, 2.45) is 0 Å². The first-order valence-corrected chi connectivity index (χ1v) is 12.7. The molecule has 0 bridgehead atoms. The quantitative estimate of drug-likeness (QED) is 0.232. The maximum atomic E-state index is 13.7. The molecule has 1 fully saturated rings. The van der Waals surface area contributed by atoms with Gasteiger partial charge in [0.15, 0.2) is 0 Å². The van der Waals surface area contributed by atoms with E-state index in [1.807, 2.05) is 13.8 Å². The van der Waals surface area contributed by atoms with Crippen LogP contribution < -0.4 is 9.64 Å². The van der Waals surface area contributed by atoms with E-state index in [1.165, 1.54) is 11.0 Å². The second-order valence-electron chi connectivity index (χ2n) is 9.34. The number of carbonyl (C=O) groups is 1. The molecule has 2 heterocycles. The van der Waals surface area contributed by atoms with Crippen LogP contribution in [0, 0.1) is 13.8 Å². The molecule has 1 unspecified atom stereocenters. The Balaban J connectivity index is 1.43. The summed E-state index contributed by atoms with van der Waals surface area (Å²) in [5.41, 5.74) is 1.86. The molecule has 5 rings (SSSR count). The highest BCUT2D eigenvalue weighted by atomic mass is 35.5. The Morgan fingerprint density at radius 1 is 1.03 bits per heavy atom. The first-order valence-electron chi connectivity index (χ1n) is 12.3. The van der Waals surface area contributed by atoms with Gasteiger partial charge in [0.25, 0.3) is 0 Å². The number of aromatic nitrogens is 1. The Hall–Kier alpha value is -3.98. The van der Waals surface area contributed by atoms with Gasteiger partial charge < -0.3 is 14.2 Å². The molecule has 39 heavy (non-hydrogen) atoms. The van der Waals surface area contributed by atoms with E-state index >= 15 is 0 Å². The topological polar surface area (TPSA) is 58.8 Å². The normalized spacial score (nSPS) is 15.7. The Labute approximate surface area is 228 Å². The van der Waals surface area contributed by atoms with Gasteiger partial charge in [0.05, 0.1) is 17.3 Å². The highest BCUT2D eigenvalue weighted by Gasteiger charge is 2.40. The van der Waals surface area contributed by atoms with Crippen LogP contribution in [0.1, 0.15) is 34.2 Å². The van der Waals surface area contributed by atoms with Gasteiger partial charge in [-0.15, -0.1) is 0 Å². The summed E-state index contributed by atoms with van der Waals surface area (Å²) in [5.74, 6) is 1.82. The molecule has 0 aliphatic carbocycles. The molecule has 10 heteroatoms. The number of amides is 2. The monoisotopic (exact) mass is 555 g/mol. The SMILES string of the molecule is Cc1noc(C)c1CCN1CC(c2cccc(C(F)(F)F)c2)N(c2ccc(Oc3ccc(Cl)cc3)cc2)C1=O. The van der Waals surface area contributed by atoms with Crippen LogP contribution in [0.5, 0.6) is 11.5 Å². The second kappa shape index (κ2) is 10.6. The predicted molar refractivity (Wildman–Crippen MR) is 141 cm³/mol. The van der Waals surface area contributed by atoms with Crippen molar-refractivity contribution in [2.75, 3.05) is 18.0 Å². The van der Waals surface area contributed by atoms with Gasteiger partial charge >= 0.3 is 12.2 Å². The molecule has 1 aliphatic rings. The number of anilines is 1. The molecule has 1 atom stereocenters. The van der Waals surface area contributed by atoms with E-state index < -0.39 is 17.8 Å². The van der Waals surface area contributed by atoms with Crippen LogP contribution in [0.25, 0.3) is 0 Å². The Bertz CT molecular complexity index is 1450. The van der Waals surface area contributed by atoms with Gasteiger partial charge in [-0.2, -0.15) is 13.2 Å². The van der Waals surface area contributed by atoms with Crippen LogP contribution in [-0.4, -0.2) is 29.2 Å². The molecule has 6 nitrogen and oxygen atoms in total. The summed E-state index contributed by atoms with van der Waals surface area (Å²) in [6.07, 6.45) is -3.98. The highest BCUT2D eigenvalue weighted by molar-refractivity contribution is 6.30. The Morgan fingerprint density at radius 3 is 2.31 bits per heavy atom. The number of hydrogen-bond donors (Lipinski definition) is 0. The number of rotatable bonds is 7. The van der Waals surface area contributed by atoms with Crippen molar-refractivity contribution in [2.45, 2.75) is 32.5 Å². The molecule has 0 radical (unpaired) electrons. The average molecular weight is 556 g/mol. The molecule has 1 aromatic heterocycles. The summed E-state index contributed by atoms with van der Waals surface area (Å²) in [7, 11) is 0. The summed E-state index contributed by atoms with van der Waals surface area (Å²) in [6, 6.07) is 18.0. The molecule has 0 saturated carbocycles. The largest absolute Gasteiger partial charge is 0.457 e. The number of aryl methyl sites for hydroxylation is 2. The van der Waals surface area contributed by atoms with Crippen molar-refractivity contribution >= 4 is 23.3 Å². The van der Waals surface area contributed by atoms with E-state index in [2.05, 4.69) is 5.16 Å². The average Bonchev–Trinajstić information content (AvgIpc) is 3.42. The van der Waals surface area contributed by atoms with E-state index in [-0.39, 0.29) is 12.6 Å². The third-order valence-electron chi connectivity index (χ3n) is 6.76. The van der Waals surface area contributed by atoms with Crippen molar-refractivity contribution in [1.82, 2.24) is 10.1 Å². The number of hydrogen-bond acceptors (Lipinski definition) is 4. The molecule has 3 aromatic carbocycles. The van der Waals surface area contributed by atoms with Gasteiger partial charge in [0, 0.05) is 29.4 Å². The summed E-state index contributed by atoms with van der Waals surface area (Å²) in [5, 5.41) is 4.55. The summed E-state index contributed by atoms with van der Waals surface area (Å²) in [6.45, 7) is 4.24. The smallest absolute Gasteiger partial charge is 0.416 e. The molecule has 1 aliphatic heterocycles. The summed E-state index contributed by atoms with van der Waals surface area (Å²) < 4.78 is 51.6. The van der Waals surface area contributed by atoms with Crippen molar-refractivity contribution < 1.29 is 27.2 Å². The fraction of sp³-hybridized carbons (Fsp3) is 0.241. The maximum Gasteiger partial charge on any atom is 0.416 e. The lowest BCUT2D eigenvalue weighted by Crippen LogP contribution is -2.33. The minimum atomic E-state index is -4.49. The van der Waals surface area contributed by atoms with Crippen LogP contribution in [0.15, 0.2) is 77.3 Å². The third kappa shape index (κ3) is 5.73. The molecule has 0 spiro atoms. The van der Waals surface area contributed by atoms with Crippen molar-refractivity contribution in [1.29, 1.82) is 0 Å². The fourth-order valence-corrected chi connectivity index (χ4v) is 4.85. The lowest BCUT2D eigenvalue weighted by Gasteiger charge is -2.24. The number of alkyl halides is 3. The van der Waals surface area contributed by atoms with Crippen molar-refractivity contribution in [3.8, 4) is 11.5 Å². The Kier molecular flexibility index (Phi) is 7.27. The molecule has 4 aromatic rings. The fourth-order valence-electron chi connectivity index (χ4n) is 4.73. The maximum absolute atomic E-state index is 13.7. The van der Waals surface area contributed by atoms with E-state index in [4.69, 9.17) is 20.9 Å². The van der Waals surface area contributed by atoms with Gasteiger partial charge in [-0.25, -0.2) is 4.79 Å². The molecular formula is C29H25ClF3N3O3. The van der Waals surface area contributed by atoms with Gasteiger partial charge in [0.1, 0.15) is 17.3 Å². The van der Waals surface area contributed by atoms with E-state index in [9.17, 15) is 18.0 Å². The molecule has 1 saturated heterocycles. The molecule has 2 amide bonds. The number of halogens is 4.